The van der Waals surface area contributed by atoms with E-state index in [1.807, 2.05) is 35.0 Å². The zero-order chi connectivity index (χ0) is 12.3. The van der Waals surface area contributed by atoms with Gasteiger partial charge in [-0.15, -0.1) is 0 Å². The van der Waals surface area contributed by atoms with E-state index in [0.717, 1.165) is 16.7 Å². The molecule has 2 aromatic rings. The summed E-state index contributed by atoms with van der Waals surface area (Å²) in [6.07, 6.45) is 2.33. The number of aryl methyl sites for hydroxylation is 1. The maximum Gasteiger partial charge on any atom is 0.307 e. The highest BCUT2D eigenvalue weighted by Crippen LogP contribution is 2.26. The fraction of sp³-hybridized carbons (Fsp3) is 0.308. The van der Waals surface area contributed by atoms with Gasteiger partial charge in [0.2, 0.25) is 0 Å². The van der Waals surface area contributed by atoms with Gasteiger partial charge in [-0.25, -0.2) is 0 Å². The Kier molecular flexibility index (Phi) is 3.32. The summed E-state index contributed by atoms with van der Waals surface area (Å²) >= 11 is 0. The summed E-state index contributed by atoms with van der Waals surface area (Å²) in [5.74, 6) is 0.647. The number of hydrogen-bond acceptors (Lipinski definition) is 3. The van der Waals surface area contributed by atoms with E-state index >= 15 is 0 Å². The van der Waals surface area contributed by atoms with Crippen molar-refractivity contribution < 1.29 is 14.3 Å². The molecular weight excluding hydrogens is 218 g/mol. The van der Waals surface area contributed by atoms with Gasteiger partial charge in [-0.3, -0.25) is 4.79 Å². The number of ether oxygens (including phenoxy) is 2. The van der Waals surface area contributed by atoms with Crippen LogP contribution in [0.5, 0.6) is 5.75 Å². The highest BCUT2D eigenvalue weighted by molar-refractivity contribution is 5.86. The lowest BCUT2D eigenvalue weighted by atomic mass is 10.2. The van der Waals surface area contributed by atoms with Crippen molar-refractivity contribution in [3.63, 3.8) is 0 Å². The van der Waals surface area contributed by atoms with E-state index in [1.165, 1.54) is 7.11 Å². The largest absolute Gasteiger partial charge is 0.496 e. The number of carbonyl (C=O) groups excluding carboxylic acids is 1. The zero-order valence-corrected chi connectivity index (χ0v) is 9.97. The molecular formula is C13H15NO3. The van der Waals surface area contributed by atoms with Gasteiger partial charge in [0.05, 0.1) is 26.2 Å². The normalized spacial score (nSPS) is 10.5. The summed E-state index contributed by atoms with van der Waals surface area (Å²) in [4.78, 5) is 11.1. The van der Waals surface area contributed by atoms with Crippen molar-refractivity contribution in [1.82, 2.24) is 4.57 Å². The average Bonchev–Trinajstić information content (AvgIpc) is 2.78. The smallest absolute Gasteiger partial charge is 0.307 e. The predicted molar refractivity (Wildman–Crippen MR) is 65.1 cm³/mol. The number of hydrogen-bond donors (Lipinski definition) is 0. The lowest BCUT2D eigenvalue weighted by Gasteiger charge is -2.06. The highest BCUT2D eigenvalue weighted by Gasteiger charge is 2.07. The number of aromatic nitrogens is 1. The Morgan fingerprint density at radius 2 is 2.12 bits per heavy atom. The third-order valence-corrected chi connectivity index (χ3v) is 2.78. The zero-order valence-electron chi connectivity index (χ0n) is 9.97. The minimum absolute atomic E-state index is 0.199. The first kappa shape index (κ1) is 11.5. The van der Waals surface area contributed by atoms with Crippen LogP contribution in [0.25, 0.3) is 10.9 Å². The number of esters is 1. The monoisotopic (exact) mass is 233 g/mol. The summed E-state index contributed by atoms with van der Waals surface area (Å²) in [7, 11) is 3.06. The lowest BCUT2D eigenvalue weighted by Crippen LogP contribution is -2.06. The van der Waals surface area contributed by atoms with Gasteiger partial charge in [0, 0.05) is 18.1 Å². The van der Waals surface area contributed by atoms with Crippen LogP contribution >= 0.6 is 0 Å². The molecule has 0 aliphatic carbocycles. The number of carbonyl (C=O) groups is 1. The molecule has 0 unspecified atom stereocenters. The van der Waals surface area contributed by atoms with Crippen LogP contribution in [0, 0.1) is 0 Å². The molecule has 0 aliphatic rings. The summed E-state index contributed by atoms with van der Waals surface area (Å²) in [6, 6.07) is 7.86. The minimum atomic E-state index is -0.199. The van der Waals surface area contributed by atoms with Crippen LogP contribution in [-0.2, 0) is 16.1 Å². The number of fused-ring (bicyclic) bond motifs is 1. The molecule has 4 heteroatoms. The molecule has 1 heterocycles. The number of methoxy groups -OCH3 is 2. The van der Waals surface area contributed by atoms with Crippen LogP contribution in [0.1, 0.15) is 6.42 Å². The second-order valence-electron chi connectivity index (χ2n) is 3.73. The van der Waals surface area contributed by atoms with Gasteiger partial charge >= 0.3 is 5.97 Å². The molecule has 0 saturated carbocycles. The van der Waals surface area contributed by atoms with E-state index in [2.05, 4.69) is 4.74 Å². The summed E-state index contributed by atoms with van der Waals surface area (Å²) in [6.45, 7) is 0.614. The van der Waals surface area contributed by atoms with Crippen molar-refractivity contribution in [3.05, 3.63) is 30.5 Å². The molecule has 0 fully saturated rings. The molecule has 0 saturated heterocycles. The highest BCUT2D eigenvalue weighted by atomic mass is 16.5. The first-order chi connectivity index (χ1) is 8.26. The maximum atomic E-state index is 11.1. The maximum absolute atomic E-state index is 11.1. The molecule has 4 nitrogen and oxygen atoms in total. The Balaban J connectivity index is 2.27. The summed E-state index contributed by atoms with van der Waals surface area (Å²) < 4.78 is 11.9. The Bertz CT molecular complexity index is 530. The molecule has 0 N–H and O–H groups in total. The summed E-state index contributed by atoms with van der Waals surface area (Å²) in [5, 5.41) is 1.06. The van der Waals surface area contributed by atoms with Crippen molar-refractivity contribution >= 4 is 16.9 Å². The van der Waals surface area contributed by atoms with Gasteiger partial charge in [0.15, 0.2) is 0 Å². The van der Waals surface area contributed by atoms with Crippen LogP contribution in [0.3, 0.4) is 0 Å². The van der Waals surface area contributed by atoms with E-state index in [4.69, 9.17) is 4.74 Å². The SMILES string of the molecule is COC(=O)CCn1ccc2c(OC)cccc21. The van der Waals surface area contributed by atoms with E-state index in [1.54, 1.807) is 7.11 Å². The Morgan fingerprint density at radius 3 is 2.82 bits per heavy atom. The van der Waals surface area contributed by atoms with E-state index < -0.39 is 0 Å². The van der Waals surface area contributed by atoms with Crippen molar-refractivity contribution in [2.75, 3.05) is 14.2 Å². The Hall–Kier alpha value is -1.97. The van der Waals surface area contributed by atoms with E-state index in [0.29, 0.717) is 13.0 Å². The Labute approximate surface area is 99.7 Å². The van der Waals surface area contributed by atoms with Crippen molar-refractivity contribution in [1.29, 1.82) is 0 Å². The average molecular weight is 233 g/mol. The second-order valence-corrected chi connectivity index (χ2v) is 3.73. The molecule has 0 bridgehead atoms. The number of nitrogens with zero attached hydrogens (tertiary/aromatic N) is 1. The molecule has 1 aromatic carbocycles. The van der Waals surface area contributed by atoms with Crippen molar-refractivity contribution in [2.24, 2.45) is 0 Å². The van der Waals surface area contributed by atoms with Gasteiger partial charge in [-0.05, 0) is 18.2 Å². The van der Waals surface area contributed by atoms with Crippen LogP contribution in [-0.4, -0.2) is 24.8 Å². The first-order valence-electron chi connectivity index (χ1n) is 5.45. The third-order valence-electron chi connectivity index (χ3n) is 2.78. The van der Waals surface area contributed by atoms with Crippen molar-refractivity contribution in [2.45, 2.75) is 13.0 Å². The molecule has 2 rings (SSSR count). The molecule has 90 valence electrons. The van der Waals surface area contributed by atoms with Gasteiger partial charge < -0.3 is 14.0 Å². The fourth-order valence-electron chi connectivity index (χ4n) is 1.88. The standard InChI is InChI=1S/C13H15NO3/c1-16-12-5-3-4-11-10(12)6-8-14(11)9-7-13(15)17-2/h3-6,8H,7,9H2,1-2H3. The minimum Gasteiger partial charge on any atom is -0.496 e. The topological polar surface area (TPSA) is 40.5 Å². The predicted octanol–water partition coefficient (Wildman–Crippen LogP) is 2.21. The van der Waals surface area contributed by atoms with E-state index in [-0.39, 0.29) is 5.97 Å². The first-order valence-corrected chi connectivity index (χ1v) is 5.45. The Morgan fingerprint density at radius 1 is 1.29 bits per heavy atom. The third kappa shape index (κ3) is 2.25. The quantitative estimate of drug-likeness (QED) is 0.760. The fourth-order valence-corrected chi connectivity index (χ4v) is 1.88. The van der Waals surface area contributed by atoms with Crippen LogP contribution in [0.2, 0.25) is 0 Å². The number of rotatable bonds is 4. The number of benzene rings is 1. The van der Waals surface area contributed by atoms with E-state index in [9.17, 15) is 4.79 Å². The van der Waals surface area contributed by atoms with Gasteiger partial charge in [0.1, 0.15) is 5.75 Å². The van der Waals surface area contributed by atoms with Crippen LogP contribution < -0.4 is 4.74 Å². The van der Waals surface area contributed by atoms with Crippen LogP contribution in [0.4, 0.5) is 0 Å². The summed E-state index contributed by atoms with van der Waals surface area (Å²) in [5.41, 5.74) is 1.06. The lowest BCUT2D eigenvalue weighted by molar-refractivity contribution is -0.140. The van der Waals surface area contributed by atoms with Gasteiger partial charge in [-0.2, -0.15) is 0 Å². The van der Waals surface area contributed by atoms with Gasteiger partial charge in [-0.1, -0.05) is 6.07 Å². The van der Waals surface area contributed by atoms with Crippen molar-refractivity contribution in [3.8, 4) is 5.75 Å². The van der Waals surface area contributed by atoms with Crippen LogP contribution in [0.15, 0.2) is 30.5 Å². The molecule has 0 radical (unpaired) electrons. The molecule has 0 atom stereocenters. The molecule has 1 aromatic heterocycles. The molecule has 0 spiro atoms. The molecule has 0 amide bonds. The molecule has 17 heavy (non-hydrogen) atoms. The molecule has 0 aliphatic heterocycles. The second kappa shape index (κ2) is 4.91. The van der Waals surface area contributed by atoms with Gasteiger partial charge in [0.25, 0.3) is 0 Å².